The minimum Gasteiger partial charge on any atom is -0.497 e. The number of rotatable bonds is 6. The number of cyclic esters (lactones) is 1. The van der Waals surface area contributed by atoms with Crippen LogP contribution < -0.4 is 4.74 Å². The summed E-state index contributed by atoms with van der Waals surface area (Å²) in [4.78, 5) is 26.4. The standard InChI is InChI=1S/C27H24N2O4/c1-3-28-23-7-5-4-6-21(23)22-16-19(10-13-24(22)28)17-25-26(30)29(27(31)33-25)15-14-18-8-11-20(32-2)12-9-18/h4-13,16-17H,3,14-15H2,1-2H3/b25-17+. The van der Waals surface area contributed by atoms with Crippen LogP contribution in [0.2, 0.25) is 0 Å². The molecule has 2 amide bonds. The Morgan fingerprint density at radius 1 is 0.939 bits per heavy atom. The molecule has 1 saturated heterocycles. The van der Waals surface area contributed by atoms with Crippen molar-refractivity contribution in [2.75, 3.05) is 13.7 Å². The van der Waals surface area contributed by atoms with E-state index in [0.717, 1.165) is 44.6 Å². The number of benzene rings is 3. The molecule has 0 radical (unpaired) electrons. The molecule has 0 unspecified atom stereocenters. The molecule has 3 aromatic carbocycles. The number of ether oxygens (including phenoxy) is 2. The number of hydrogen-bond donors (Lipinski definition) is 0. The van der Waals surface area contributed by atoms with Gasteiger partial charge in [-0.3, -0.25) is 4.79 Å². The molecule has 1 aliphatic rings. The maximum Gasteiger partial charge on any atom is 0.422 e. The number of fused-ring (bicyclic) bond motifs is 3. The first-order chi connectivity index (χ1) is 16.1. The van der Waals surface area contributed by atoms with Crippen LogP contribution in [0.15, 0.2) is 72.5 Å². The Balaban J connectivity index is 1.39. The number of carbonyl (C=O) groups excluding carboxylic acids is 2. The highest BCUT2D eigenvalue weighted by Crippen LogP contribution is 2.31. The molecule has 2 heterocycles. The summed E-state index contributed by atoms with van der Waals surface area (Å²) in [5.74, 6) is 0.401. The monoisotopic (exact) mass is 440 g/mol. The van der Waals surface area contributed by atoms with Gasteiger partial charge in [-0.05, 0) is 60.9 Å². The zero-order chi connectivity index (χ0) is 22.9. The predicted molar refractivity (Wildman–Crippen MR) is 128 cm³/mol. The summed E-state index contributed by atoms with van der Waals surface area (Å²) in [6.07, 6.45) is 1.55. The lowest BCUT2D eigenvalue weighted by molar-refractivity contribution is -0.123. The maximum atomic E-state index is 12.9. The molecule has 1 fully saturated rings. The summed E-state index contributed by atoms with van der Waals surface area (Å²) >= 11 is 0. The quantitative estimate of drug-likeness (QED) is 0.378. The third-order valence-corrected chi connectivity index (χ3v) is 6.07. The van der Waals surface area contributed by atoms with E-state index in [-0.39, 0.29) is 12.3 Å². The Morgan fingerprint density at radius 2 is 1.70 bits per heavy atom. The van der Waals surface area contributed by atoms with Crippen LogP contribution in [-0.2, 0) is 22.5 Å². The van der Waals surface area contributed by atoms with Crippen LogP contribution >= 0.6 is 0 Å². The van der Waals surface area contributed by atoms with Crippen molar-refractivity contribution in [1.82, 2.24) is 9.47 Å². The normalized spacial score (nSPS) is 15.1. The van der Waals surface area contributed by atoms with Gasteiger partial charge in [0.15, 0.2) is 5.76 Å². The predicted octanol–water partition coefficient (Wildman–Crippen LogP) is 5.39. The van der Waals surface area contributed by atoms with E-state index in [0.29, 0.717) is 6.42 Å². The first-order valence-corrected chi connectivity index (χ1v) is 11.0. The Bertz CT molecular complexity index is 1400. The molecule has 0 bridgehead atoms. The number of amides is 2. The second kappa shape index (κ2) is 8.47. The largest absolute Gasteiger partial charge is 0.497 e. The second-order valence-corrected chi connectivity index (χ2v) is 7.97. The van der Waals surface area contributed by atoms with Crippen LogP contribution in [0.1, 0.15) is 18.1 Å². The Hall–Kier alpha value is -4.06. The Kier molecular flexibility index (Phi) is 5.34. The molecular formula is C27H24N2O4. The molecule has 166 valence electrons. The third-order valence-electron chi connectivity index (χ3n) is 6.07. The average molecular weight is 440 g/mol. The van der Waals surface area contributed by atoms with E-state index in [1.165, 1.54) is 5.52 Å². The van der Waals surface area contributed by atoms with Gasteiger partial charge in [-0.1, -0.05) is 36.4 Å². The van der Waals surface area contributed by atoms with Crippen LogP contribution in [0.4, 0.5) is 4.79 Å². The third kappa shape index (κ3) is 3.74. The zero-order valence-electron chi connectivity index (χ0n) is 18.6. The van der Waals surface area contributed by atoms with E-state index >= 15 is 0 Å². The molecule has 0 aliphatic carbocycles. The van der Waals surface area contributed by atoms with E-state index < -0.39 is 12.0 Å². The Labute approximate surface area is 191 Å². The van der Waals surface area contributed by atoms with E-state index in [9.17, 15) is 9.59 Å². The molecule has 5 rings (SSSR count). The van der Waals surface area contributed by atoms with E-state index in [4.69, 9.17) is 9.47 Å². The molecule has 6 heteroatoms. The molecule has 0 N–H and O–H groups in total. The van der Waals surface area contributed by atoms with Gasteiger partial charge in [-0.25, -0.2) is 9.69 Å². The minimum absolute atomic E-state index is 0.0494. The molecule has 1 aliphatic heterocycles. The Morgan fingerprint density at radius 3 is 2.45 bits per heavy atom. The first-order valence-electron chi connectivity index (χ1n) is 11.0. The fourth-order valence-corrected chi connectivity index (χ4v) is 4.38. The smallest absolute Gasteiger partial charge is 0.422 e. The van der Waals surface area contributed by atoms with Crippen molar-refractivity contribution in [3.63, 3.8) is 0 Å². The van der Waals surface area contributed by atoms with Gasteiger partial charge in [0.1, 0.15) is 5.75 Å². The number of carbonyl (C=O) groups is 2. The van der Waals surface area contributed by atoms with Crippen molar-refractivity contribution < 1.29 is 19.1 Å². The van der Waals surface area contributed by atoms with Crippen LogP contribution in [0.25, 0.3) is 27.9 Å². The highest BCUT2D eigenvalue weighted by Gasteiger charge is 2.36. The number of para-hydroxylation sites is 1. The lowest BCUT2D eigenvalue weighted by atomic mass is 10.1. The number of methoxy groups -OCH3 is 1. The highest BCUT2D eigenvalue weighted by atomic mass is 16.6. The van der Waals surface area contributed by atoms with Crippen molar-refractivity contribution in [3.8, 4) is 5.75 Å². The van der Waals surface area contributed by atoms with Crippen LogP contribution in [-0.4, -0.2) is 35.1 Å². The van der Waals surface area contributed by atoms with Crippen molar-refractivity contribution in [2.45, 2.75) is 19.9 Å². The fraction of sp³-hybridized carbons (Fsp3) is 0.185. The summed E-state index contributed by atoms with van der Waals surface area (Å²) in [6.45, 7) is 3.24. The fourth-order valence-electron chi connectivity index (χ4n) is 4.38. The van der Waals surface area contributed by atoms with E-state index in [2.05, 4.69) is 23.6 Å². The number of nitrogens with zero attached hydrogens (tertiary/aromatic N) is 2. The summed E-state index contributed by atoms with van der Waals surface area (Å²) < 4.78 is 12.7. The van der Waals surface area contributed by atoms with Crippen molar-refractivity contribution in [1.29, 1.82) is 0 Å². The molecule has 0 saturated carbocycles. The lowest BCUT2D eigenvalue weighted by Gasteiger charge is -2.10. The molecular weight excluding hydrogens is 416 g/mol. The number of aromatic nitrogens is 1. The molecule has 1 aromatic heterocycles. The minimum atomic E-state index is -0.636. The first kappa shape index (κ1) is 20.8. The maximum absolute atomic E-state index is 12.9. The van der Waals surface area contributed by atoms with Gasteiger partial charge in [0.05, 0.1) is 7.11 Å². The number of hydrogen-bond acceptors (Lipinski definition) is 4. The molecule has 33 heavy (non-hydrogen) atoms. The van der Waals surface area contributed by atoms with E-state index in [1.54, 1.807) is 13.2 Å². The number of aryl methyl sites for hydroxylation is 1. The van der Waals surface area contributed by atoms with Crippen molar-refractivity contribution >= 4 is 39.9 Å². The van der Waals surface area contributed by atoms with Gasteiger partial charge in [-0.2, -0.15) is 0 Å². The van der Waals surface area contributed by atoms with Crippen LogP contribution in [0.3, 0.4) is 0 Å². The zero-order valence-corrected chi connectivity index (χ0v) is 18.6. The van der Waals surface area contributed by atoms with E-state index in [1.807, 2.05) is 54.6 Å². The molecule has 0 spiro atoms. The summed E-state index contributed by atoms with van der Waals surface area (Å²) in [5.41, 5.74) is 4.13. The number of imide groups is 1. The van der Waals surface area contributed by atoms with Gasteiger partial charge in [0.25, 0.3) is 5.91 Å². The van der Waals surface area contributed by atoms with Crippen LogP contribution in [0.5, 0.6) is 5.75 Å². The summed E-state index contributed by atoms with van der Waals surface area (Å²) in [5, 5.41) is 2.26. The SMILES string of the molecule is CCn1c2ccccc2c2cc(/C=C3/OC(=O)N(CCc4ccc(OC)cc4)C3=O)ccc21. The lowest BCUT2D eigenvalue weighted by Crippen LogP contribution is -2.30. The van der Waals surface area contributed by atoms with Gasteiger partial charge in [0.2, 0.25) is 0 Å². The van der Waals surface area contributed by atoms with Gasteiger partial charge in [0, 0.05) is 34.9 Å². The molecule has 4 aromatic rings. The van der Waals surface area contributed by atoms with Gasteiger partial charge in [-0.15, -0.1) is 0 Å². The van der Waals surface area contributed by atoms with Crippen molar-refractivity contribution in [3.05, 3.63) is 83.6 Å². The topological polar surface area (TPSA) is 60.8 Å². The molecule has 0 atom stereocenters. The molecule has 6 nitrogen and oxygen atoms in total. The van der Waals surface area contributed by atoms with Gasteiger partial charge >= 0.3 is 6.09 Å². The van der Waals surface area contributed by atoms with Crippen molar-refractivity contribution in [2.24, 2.45) is 0 Å². The summed E-state index contributed by atoms with van der Waals surface area (Å²) in [6, 6.07) is 21.9. The van der Waals surface area contributed by atoms with Gasteiger partial charge < -0.3 is 14.0 Å². The average Bonchev–Trinajstić information content (AvgIpc) is 3.30. The van der Waals surface area contributed by atoms with Crippen LogP contribution in [0, 0.1) is 0 Å². The second-order valence-electron chi connectivity index (χ2n) is 7.97. The summed E-state index contributed by atoms with van der Waals surface area (Å²) in [7, 11) is 1.61. The highest BCUT2D eigenvalue weighted by molar-refractivity contribution is 6.11.